The molecule has 0 heterocycles. The van der Waals surface area contributed by atoms with Crippen LogP contribution < -0.4 is 28.3 Å². The van der Waals surface area contributed by atoms with Gasteiger partial charge >= 0.3 is 6.03 Å². The van der Waals surface area contributed by atoms with Crippen molar-refractivity contribution in [2.75, 3.05) is 0 Å². The van der Waals surface area contributed by atoms with Gasteiger partial charge in [0.2, 0.25) is 0 Å². The summed E-state index contributed by atoms with van der Waals surface area (Å²) in [6.07, 6.45) is 5.16. The Hall–Kier alpha value is -0.850. The molecule has 6 nitrogen and oxygen atoms in total. The lowest BCUT2D eigenvalue weighted by Gasteiger charge is -2.29. The third-order valence-electron chi connectivity index (χ3n) is 2.76. The van der Waals surface area contributed by atoms with Gasteiger partial charge in [-0.15, -0.1) is 0 Å². The first-order valence-electron chi connectivity index (χ1n) is 6.65. The Labute approximate surface area is 111 Å². The maximum absolute atomic E-state index is 9.71. The molecular weight excluding hydrogens is 230 g/mol. The maximum atomic E-state index is 9.71. The minimum atomic E-state index is -0.602. The lowest BCUT2D eigenvalue weighted by Crippen LogP contribution is -2.43. The topological polar surface area (TPSA) is 119 Å². The van der Waals surface area contributed by atoms with Gasteiger partial charge in [-0.25, -0.2) is 16.5 Å². The number of rotatable bonds is 0. The molecule has 0 aromatic rings. The van der Waals surface area contributed by atoms with Crippen LogP contribution in [0.15, 0.2) is 0 Å². The first-order chi connectivity index (χ1) is 8.42. The summed E-state index contributed by atoms with van der Waals surface area (Å²) in [5.74, 6) is 10.8. The third kappa shape index (κ3) is 11.6. The van der Waals surface area contributed by atoms with Crippen molar-refractivity contribution in [2.24, 2.45) is 29.3 Å². The van der Waals surface area contributed by atoms with Crippen molar-refractivity contribution in [1.29, 1.82) is 0 Å². The summed E-state index contributed by atoms with van der Waals surface area (Å²) < 4.78 is 0. The monoisotopic (exact) mass is 261 g/mol. The fourth-order valence-electron chi connectivity index (χ4n) is 1.73. The number of carbonyl (C=O) groups is 1. The van der Waals surface area contributed by atoms with Crippen molar-refractivity contribution in [2.45, 2.75) is 59.4 Å². The van der Waals surface area contributed by atoms with Crippen LogP contribution in [-0.4, -0.2) is 12.1 Å². The zero-order valence-corrected chi connectivity index (χ0v) is 12.2. The molecule has 1 saturated carbocycles. The molecule has 0 radical (unpaired) electrons. The number of nitrogens with one attached hydrogen (secondary N) is 2. The van der Waals surface area contributed by atoms with Crippen LogP contribution in [0.3, 0.4) is 0 Å². The van der Waals surface area contributed by atoms with Gasteiger partial charge in [0, 0.05) is 6.04 Å². The molecule has 1 fully saturated rings. The third-order valence-corrected chi connectivity index (χ3v) is 2.76. The van der Waals surface area contributed by atoms with E-state index < -0.39 is 6.03 Å². The van der Waals surface area contributed by atoms with Crippen LogP contribution in [-0.2, 0) is 0 Å². The van der Waals surface area contributed by atoms with Gasteiger partial charge in [0.1, 0.15) is 0 Å². The molecule has 1 rings (SSSR count). The number of hydrogen-bond acceptors (Lipinski definition) is 4. The molecule has 0 bridgehead atoms. The molecule has 1 aliphatic rings. The summed E-state index contributed by atoms with van der Waals surface area (Å²) in [6, 6.07) is -0.115. The summed E-state index contributed by atoms with van der Waals surface area (Å²) in [5, 5.41) is 0. The predicted molar refractivity (Wildman–Crippen MR) is 76.2 cm³/mol. The van der Waals surface area contributed by atoms with Gasteiger partial charge in [0.05, 0.1) is 0 Å². The highest BCUT2D eigenvalue weighted by molar-refractivity contribution is 5.72. The van der Waals surface area contributed by atoms with E-state index in [4.69, 9.17) is 5.73 Å². The molecule has 2 amide bonds. The van der Waals surface area contributed by atoms with Gasteiger partial charge in [-0.3, -0.25) is 10.9 Å². The van der Waals surface area contributed by atoms with Gasteiger partial charge in [0.25, 0.3) is 0 Å². The number of hydrazine groups is 2. The highest BCUT2D eigenvalue weighted by atomic mass is 16.2. The molecule has 8 N–H and O–H groups in total. The summed E-state index contributed by atoms with van der Waals surface area (Å²) >= 11 is 0. The largest absolute Gasteiger partial charge is 0.343 e. The first-order valence-corrected chi connectivity index (χ1v) is 6.65. The maximum Gasteiger partial charge on any atom is 0.343 e. The van der Waals surface area contributed by atoms with Crippen LogP contribution in [0, 0.1) is 11.8 Å². The van der Waals surface area contributed by atoms with Gasteiger partial charge in [-0.05, 0) is 31.1 Å². The van der Waals surface area contributed by atoms with Crippen molar-refractivity contribution in [3.8, 4) is 0 Å². The summed E-state index contributed by atoms with van der Waals surface area (Å²) in [6.45, 7) is 8.84. The summed E-state index contributed by atoms with van der Waals surface area (Å²) in [4.78, 5) is 9.71. The van der Waals surface area contributed by atoms with E-state index in [0.717, 1.165) is 11.8 Å². The van der Waals surface area contributed by atoms with E-state index in [1.54, 1.807) is 10.9 Å². The summed E-state index contributed by atoms with van der Waals surface area (Å²) in [5.41, 5.74) is 9.32. The van der Waals surface area contributed by atoms with Gasteiger partial charge in [-0.2, -0.15) is 0 Å². The molecule has 6 heteroatoms. The lowest BCUT2D eigenvalue weighted by atomic mass is 9.80. The molecule has 0 aromatic carbocycles. The molecule has 0 aliphatic heterocycles. The molecule has 0 spiro atoms. The van der Waals surface area contributed by atoms with Crippen molar-refractivity contribution in [3.05, 3.63) is 0 Å². The average Bonchev–Trinajstić information content (AvgIpc) is 2.35. The average molecular weight is 261 g/mol. The number of amides is 2. The first kappa shape index (κ1) is 19.5. The Morgan fingerprint density at radius 1 is 1.17 bits per heavy atom. The van der Waals surface area contributed by atoms with Crippen molar-refractivity contribution in [1.82, 2.24) is 10.9 Å². The number of nitrogens with two attached hydrogens (primary N) is 3. The second-order valence-electron chi connectivity index (χ2n) is 4.88. The van der Waals surface area contributed by atoms with Crippen LogP contribution in [0.1, 0.15) is 53.4 Å². The second kappa shape index (κ2) is 12.6. The van der Waals surface area contributed by atoms with Crippen molar-refractivity contribution < 1.29 is 4.79 Å². The second-order valence-corrected chi connectivity index (χ2v) is 4.88. The van der Waals surface area contributed by atoms with E-state index >= 15 is 0 Å². The van der Waals surface area contributed by atoms with Crippen molar-refractivity contribution in [3.63, 3.8) is 0 Å². The van der Waals surface area contributed by atoms with Crippen LogP contribution in [0.5, 0.6) is 0 Å². The van der Waals surface area contributed by atoms with Gasteiger partial charge in [-0.1, -0.05) is 34.1 Å². The predicted octanol–water partition coefficient (Wildman–Crippen LogP) is 1.22. The quantitative estimate of drug-likeness (QED) is 0.256. The van der Waals surface area contributed by atoms with E-state index in [2.05, 4.69) is 39.4 Å². The zero-order valence-electron chi connectivity index (χ0n) is 12.2. The fourth-order valence-corrected chi connectivity index (χ4v) is 1.73. The minimum Gasteiger partial charge on any atom is -0.327 e. The number of urea groups is 1. The SMILES string of the molecule is CC1CCC(N)C(C)C1.CCC.NNC(=O)NN. The molecular formula is C12H31N5O. The molecule has 3 unspecified atom stereocenters. The van der Waals surface area contributed by atoms with Gasteiger partial charge < -0.3 is 5.73 Å². The lowest BCUT2D eigenvalue weighted by molar-refractivity contribution is 0.241. The Kier molecular flexibility index (Phi) is 13.6. The Morgan fingerprint density at radius 2 is 1.61 bits per heavy atom. The van der Waals surface area contributed by atoms with Crippen LogP contribution in [0.4, 0.5) is 4.79 Å². The molecule has 0 saturated heterocycles. The molecule has 18 heavy (non-hydrogen) atoms. The fraction of sp³-hybridized carbons (Fsp3) is 0.917. The van der Waals surface area contributed by atoms with Crippen molar-refractivity contribution >= 4 is 6.03 Å². The van der Waals surface area contributed by atoms with E-state index in [-0.39, 0.29) is 0 Å². The van der Waals surface area contributed by atoms with E-state index in [9.17, 15) is 4.79 Å². The normalized spacial score (nSPS) is 25.8. The van der Waals surface area contributed by atoms with E-state index in [0.29, 0.717) is 6.04 Å². The Bertz CT molecular complexity index is 195. The van der Waals surface area contributed by atoms with E-state index in [1.165, 1.54) is 25.7 Å². The molecule has 110 valence electrons. The number of carbonyl (C=O) groups excluding carboxylic acids is 1. The molecule has 3 atom stereocenters. The highest BCUT2D eigenvalue weighted by Gasteiger charge is 2.21. The van der Waals surface area contributed by atoms with Crippen LogP contribution in [0.25, 0.3) is 0 Å². The van der Waals surface area contributed by atoms with Crippen LogP contribution >= 0.6 is 0 Å². The smallest absolute Gasteiger partial charge is 0.327 e. The molecule has 1 aliphatic carbocycles. The highest BCUT2D eigenvalue weighted by Crippen LogP contribution is 2.26. The Balaban J connectivity index is 0. The zero-order chi connectivity index (χ0) is 14.6. The molecule has 0 aromatic heterocycles. The number of hydrogen-bond donors (Lipinski definition) is 5. The standard InChI is InChI=1S/C8H17N.C3H8.CH6N4O/c1-6-3-4-8(9)7(2)5-6;1-3-2;2-4-1(6)5-3/h6-8H,3-5,9H2,1-2H3;3H2,1-2H3;2-3H2,(H2,4,5,6). The summed E-state index contributed by atoms with van der Waals surface area (Å²) in [7, 11) is 0. The van der Waals surface area contributed by atoms with Gasteiger partial charge in [0.15, 0.2) is 0 Å². The van der Waals surface area contributed by atoms with Crippen LogP contribution in [0.2, 0.25) is 0 Å². The minimum absolute atomic E-state index is 0.487. The van der Waals surface area contributed by atoms with E-state index in [1.807, 2.05) is 0 Å². The Morgan fingerprint density at radius 3 is 1.83 bits per heavy atom.